The first-order valence-corrected chi connectivity index (χ1v) is 6.37. The van der Waals surface area contributed by atoms with Gasteiger partial charge in [-0.3, -0.25) is 0 Å². The van der Waals surface area contributed by atoms with E-state index < -0.39 is 0 Å². The lowest BCUT2D eigenvalue weighted by molar-refractivity contribution is 0.351. The van der Waals surface area contributed by atoms with E-state index >= 15 is 0 Å². The lowest BCUT2D eigenvalue weighted by Gasteiger charge is -2.19. The Kier molecular flexibility index (Phi) is 3.05. The Morgan fingerprint density at radius 1 is 1.22 bits per heavy atom. The minimum Gasteiger partial charge on any atom is -0.383 e. The second-order valence-electron chi connectivity index (χ2n) is 6.13. The second-order valence-corrected chi connectivity index (χ2v) is 6.13. The molecule has 4 nitrogen and oxygen atoms in total. The fraction of sp³-hybridized carbons (Fsp3) is 0.571. The highest BCUT2D eigenvalue weighted by molar-refractivity contribution is 5.90. The smallest absolute Gasteiger partial charge is 0.145 e. The monoisotopic (exact) mass is 246 g/mol. The molecule has 0 saturated carbocycles. The number of hydrogen-bond donors (Lipinski definition) is 1. The number of aromatic nitrogens is 3. The van der Waals surface area contributed by atoms with E-state index in [0.29, 0.717) is 11.2 Å². The van der Waals surface area contributed by atoms with Gasteiger partial charge in [0.2, 0.25) is 0 Å². The van der Waals surface area contributed by atoms with Gasteiger partial charge in [-0.1, -0.05) is 20.8 Å². The van der Waals surface area contributed by atoms with Crippen LogP contribution in [-0.4, -0.2) is 14.5 Å². The van der Waals surface area contributed by atoms with E-state index in [1.165, 1.54) is 11.3 Å². The molecule has 18 heavy (non-hydrogen) atoms. The van der Waals surface area contributed by atoms with Crippen molar-refractivity contribution in [3.8, 4) is 0 Å². The van der Waals surface area contributed by atoms with Crippen LogP contribution in [0.2, 0.25) is 0 Å². The van der Waals surface area contributed by atoms with Crippen molar-refractivity contribution in [3.05, 3.63) is 17.6 Å². The molecule has 0 aromatic carbocycles. The number of nitrogen functional groups attached to an aromatic ring is 1. The van der Waals surface area contributed by atoms with Crippen molar-refractivity contribution in [2.24, 2.45) is 5.41 Å². The summed E-state index contributed by atoms with van der Waals surface area (Å²) in [6.45, 7) is 11.9. The number of nitrogens with two attached hydrogens (primary N) is 1. The maximum Gasteiger partial charge on any atom is 0.145 e. The summed E-state index contributed by atoms with van der Waals surface area (Å²) in [5.41, 5.74) is 9.66. The Hall–Kier alpha value is -1.58. The SMILES string of the molecule is Cc1c(C)n(CCC(C)(C)C)c2ncnc(N)c12. The van der Waals surface area contributed by atoms with E-state index in [4.69, 9.17) is 5.73 Å². The molecule has 0 aliphatic heterocycles. The van der Waals surface area contributed by atoms with Crippen LogP contribution in [0, 0.1) is 19.3 Å². The summed E-state index contributed by atoms with van der Waals surface area (Å²) in [4.78, 5) is 8.48. The summed E-state index contributed by atoms with van der Waals surface area (Å²) in [6, 6.07) is 0. The topological polar surface area (TPSA) is 56.7 Å². The van der Waals surface area contributed by atoms with Crippen LogP contribution in [-0.2, 0) is 6.54 Å². The number of aryl methyl sites for hydroxylation is 2. The number of fused-ring (bicyclic) bond motifs is 1. The molecule has 0 amide bonds. The molecule has 0 aliphatic rings. The molecule has 2 aromatic heterocycles. The number of hydrogen-bond acceptors (Lipinski definition) is 3. The Morgan fingerprint density at radius 2 is 1.89 bits per heavy atom. The average Bonchev–Trinajstić information content (AvgIpc) is 2.50. The molecule has 0 bridgehead atoms. The molecule has 98 valence electrons. The fourth-order valence-corrected chi connectivity index (χ4v) is 2.22. The third-order valence-electron chi connectivity index (χ3n) is 3.52. The van der Waals surface area contributed by atoms with Crippen molar-refractivity contribution in [1.29, 1.82) is 0 Å². The van der Waals surface area contributed by atoms with E-state index in [-0.39, 0.29) is 0 Å². The highest BCUT2D eigenvalue weighted by atomic mass is 15.1. The van der Waals surface area contributed by atoms with Crippen molar-refractivity contribution < 1.29 is 0 Å². The van der Waals surface area contributed by atoms with Crippen molar-refractivity contribution in [1.82, 2.24) is 14.5 Å². The standard InChI is InChI=1S/C14H22N4/c1-9-10(2)18(7-6-14(3,4)5)13-11(9)12(15)16-8-17-13/h8H,6-7H2,1-5H3,(H2,15,16,17). The Labute approximate surface area is 108 Å². The Morgan fingerprint density at radius 3 is 2.50 bits per heavy atom. The van der Waals surface area contributed by atoms with Gasteiger partial charge in [-0.05, 0) is 31.2 Å². The molecule has 0 spiro atoms. The van der Waals surface area contributed by atoms with Crippen molar-refractivity contribution in [2.45, 2.75) is 47.6 Å². The summed E-state index contributed by atoms with van der Waals surface area (Å²) in [5.74, 6) is 0.579. The molecule has 0 unspecified atom stereocenters. The number of nitrogens with zero attached hydrogens (tertiary/aromatic N) is 3. The zero-order valence-corrected chi connectivity index (χ0v) is 11.9. The van der Waals surface area contributed by atoms with Gasteiger partial charge in [0, 0.05) is 12.2 Å². The minimum atomic E-state index is 0.315. The predicted octanol–water partition coefficient (Wildman–Crippen LogP) is 3.07. The van der Waals surface area contributed by atoms with E-state index in [2.05, 4.69) is 49.2 Å². The third kappa shape index (κ3) is 2.19. The van der Waals surface area contributed by atoms with Gasteiger partial charge in [-0.15, -0.1) is 0 Å². The lowest BCUT2D eigenvalue weighted by atomic mass is 9.92. The van der Waals surface area contributed by atoms with Crippen LogP contribution in [0.15, 0.2) is 6.33 Å². The quantitative estimate of drug-likeness (QED) is 0.886. The van der Waals surface area contributed by atoms with Crippen LogP contribution in [0.5, 0.6) is 0 Å². The summed E-state index contributed by atoms with van der Waals surface area (Å²) in [5, 5.41) is 1.00. The van der Waals surface area contributed by atoms with Gasteiger partial charge < -0.3 is 10.3 Å². The normalized spacial score (nSPS) is 12.3. The van der Waals surface area contributed by atoms with E-state index in [1.54, 1.807) is 6.33 Å². The first-order chi connectivity index (χ1) is 8.31. The van der Waals surface area contributed by atoms with Gasteiger partial charge in [-0.25, -0.2) is 9.97 Å². The van der Waals surface area contributed by atoms with Crippen LogP contribution in [0.1, 0.15) is 38.4 Å². The first kappa shape index (κ1) is 12.9. The van der Waals surface area contributed by atoms with Gasteiger partial charge in [0.05, 0.1) is 5.39 Å². The molecule has 2 N–H and O–H groups in total. The van der Waals surface area contributed by atoms with E-state index in [0.717, 1.165) is 24.0 Å². The molecule has 2 aromatic rings. The van der Waals surface area contributed by atoms with Crippen LogP contribution in [0.4, 0.5) is 5.82 Å². The maximum atomic E-state index is 5.96. The molecule has 0 aliphatic carbocycles. The molecule has 0 fully saturated rings. The third-order valence-corrected chi connectivity index (χ3v) is 3.52. The zero-order chi connectivity index (χ0) is 13.5. The minimum absolute atomic E-state index is 0.315. The zero-order valence-electron chi connectivity index (χ0n) is 11.9. The molecular weight excluding hydrogens is 224 g/mol. The van der Waals surface area contributed by atoms with Crippen LogP contribution in [0.3, 0.4) is 0 Å². The first-order valence-electron chi connectivity index (χ1n) is 6.37. The molecule has 2 heterocycles. The highest BCUT2D eigenvalue weighted by Crippen LogP contribution is 2.28. The summed E-state index contributed by atoms with van der Waals surface area (Å²) < 4.78 is 2.26. The largest absolute Gasteiger partial charge is 0.383 e. The Balaban J connectivity index is 2.51. The summed E-state index contributed by atoms with van der Waals surface area (Å²) >= 11 is 0. The number of anilines is 1. The van der Waals surface area contributed by atoms with Gasteiger partial charge in [0.25, 0.3) is 0 Å². The van der Waals surface area contributed by atoms with Gasteiger partial charge >= 0.3 is 0 Å². The van der Waals surface area contributed by atoms with Crippen molar-refractivity contribution >= 4 is 16.9 Å². The van der Waals surface area contributed by atoms with Gasteiger partial charge in [0.1, 0.15) is 17.8 Å². The molecule has 0 saturated heterocycles. The molecule has 4 heteroatoms. The molecular formula is C14H22N4. The second kappa shape index (κ2) is 4.26. The van der Waals surface area contributed by atoms with Gasteiger partial charge in [0.15, 0.2) is 0 Å². The van der Waals surface area contributed by atoms with Crippen LogP contribution < -0.4 is 5.73 Å². The molecule has 2 rings (SSSR count). The number of rotatable bonds is 2. The molecule has 0 radical (unpaired) electrons. The molecule has 0 atom stereocenters. The average molecular weight is 246 g/mol. The maximum absolute atomic E-state index is 5.96. The predicted molar refractivity (Wildman–Crippen MR) is 75.5 cm³/mol. The van der Waals surface area contributed by atoms with Crippen molar-refractivity contribution in [3.63, 3.8) is 0 Å². The summed E-state index contributed by atoms with van der Waals surface area (Å²) in [6.07, 6.45) is 2.66. The highest BCUT2D eigenvalue weighted by Gasteiger charge is 2.17. The Bertz CT molecular complexity index is 575. The van der Waals surface area contributed by atoms with Crippen LogP contribution in [0.25, 0.3) is 11.0 Å². The fourth-order valence-electron chi connectivity index (χ4n) is 2.22. The van der Waals surface area contributed by atoms with E-state index in [9.17, 15) is 0 Å². The van der Waals surface area contributed by atoms with E-state index in [1.807, 2.05) is 0 Å². The summed E-state index contributed by atoms with van der Waals surface area (Å²) in [7, 11) is 0. The van der Waals surface area contributed by atoms with Gasteiger partial charge in [-0.2, -0.15) is 0 Å². The van der Waals surface area contributed by atoms with Crippen molar-refractivity contribution in [2.75, 3.05) is 5.73 Å². The van der Waals surface area contributed by atoms with Crippen LogP contribution >= 0.6 is 0 Å². The lowest BCUT2D eigenvalue weighted by Crippen LogP contribution is -2.11.